The van der Waals surface area contributed by atoms with Crippen LogP contribution in [0.3, 0.4) is 0 Å². The second kappa shape index (κ2) is 7.79. The number of hydrogen-bond donors (Lipinski definition) is 2. The molecule has 0 aromatic heterocycles. The van der Waals surface area contributed by atoms with E-state index in [0.717, 1.165) is 0 Å². The number of halogens is 2. The average Bonchev–Trinajstić information content (AvgIpc) is 2.37. The van der Waals surface area contributed by atoms with Gasteiger partial charge in [0.25, 0.3) is 0 Å². The van der Waals surface area contributed by atoms with Crippen LogP contribution in [0.1, 0.15) is 20.3 Å². The van der Waals surface area contributed by atoms with Crippen LogP contribution in [0.2, 0.25) is 0 Å². The highest BCUT2D eigenvalue weighted by Crippen LogP contribution is 2.26. The van der Waals surface area contributed by atoms with Crippen LogP contribution in [0.15, 0.2) is 24.3 Å². The third kappa shape index (κ3) is 5.13. The van der Waals surface area contributed by atoms with E-state index >= 15 is 0 Å². The molecule has 1 atom stereocenters. The van der Waals surface area contributed by atoms with Gasteiger partial charge in [-0.05, 0) is 24.5 Å². The maximum Gasteiger partial charge on any atom is 0.387 e. The molecule has 0 spiro atoms. The summed E-state index contributed by atoms with van der Waals surface area (Å²) in [7, 11) is 0. The van der Waals surface area contributed by atoms with Gasteiger partial charge in [0.2, 0.25) is 5.91 Å². The molecule has 0 aliphatic heterocycles. The van der Waals surface area contributed by atoms with Crippen LogP contribution in [-0.4, -0.2) is 19.1 Å². The molecule has 20 heavy (non-hydrogen) atoms. The van der Waals surface area contributed by atoms with Gasteiger partial charge in [-0.2, -0.15) is 8.78 Å². The Morgan fingerprint density at radius 1 is 1.35 bits per heavy atom. The summed E-state index contributed by atoms with van der Waals surface area (Å²) in [4.78, 5) is 12.1. The Balaban J connectivity index is 2.78. The number of benzene rings is 1. The lowest BCUT2D eigenvalue weighted by Gasteiger charge is -2.18. The van der Waals surface area contributed by atoms with Crippen molar-refractivity contribution in [1.82, 2.24) is 0 Å². The smallest absolute Gasteiger partial charge is 0.387 e. The Kier molecular flexibility index (Phi) is 6.38. The van der Waals surface area contributed by atoms with Crippen molar-refractivity contribution in [3.05, 3.63) is 24.3 Å². The van der Waals surface area contributed by atoms with Crippen LogP contribution in [0.5, 0.6) is 5.75 Å². The predicted molar refractivity (Wildman–Crippen MR) is 73.7 cm³/mol. The zero-order valence-electron chi connectivity index (χ0n) is 11.6. The van der Waals surface area contributed by atoms with Crippen molar-refractivity contribution in [2.45, 2.75) is 26.9 Å². The zero-order valence-corrected chi connectivity index (χ0v) is 11.6. The fourth-order valence-electron chi connectivity index (χ4n) is 1.88. The van der Waals surface area contributed by atoms with Gasteiger partial charge in [0.05, 0.1) is 11.6 Å². The standard InChI is InChI=1S/C14H20F2N2O2/c1-9(2)7-10(8-17)13(19)18-11-5-3-4-6-12(11)20-14(15)16/h3-6,9-10,14H,7-8,17H2,1-2H3,(H,18,19). The van der Waals surface area contributed by atoms with Crippen molar-refractivity contribution in [2.75, 3.05) is 11.9 Å². The fraction of sp³-hybridized carbons (Fsp3) is 0.500. The molecule has 0 fully saturated rings. The molecule has 4 nitrogen and oxygen atoms in total. The number of rotatable bonds is 7. The molecule has 0 aliphatic carbocycles. The monoisotopic (exact) mass is 286 g/mol. The van der Waals surface area contributed by atoms with Crippen molar-refractivity contribution in [2.24, 2.45) is 17.6 Å². The van der Waals surface area contributed by atoms with E-state index in [-0.39, 0.29) is 29.8 Å². The minimum Gasteiger partial charge on any atom is -0.433 e. The summed E-state index contributed by atoms with van der Waals surface area (Å²) in [5.74, 6) is -0.376. The first-order chi connectivity index (χ1) is 9.43. The Bertz CT molecular complexity index is 439. The Morgan fingerprint density at radius 3 is 2.55 bits per heavy atom. The van der Waals surface area contributed by atoms with Gasteiger partial charge in [0.1, 0.15) is 5.75 Å². The van der Waals surface area contributed by atoms with Crippen molar-refractivity contribution in [3.8, 4) is 5.75 Å². The quantitative estimate of drug-likeness (QED) is 0.810. The van der Waals surface area contributed by atoms with Gasteiger partial charge < -0.3 is 15.8 Å². The number of carbonyl (C=O) groups is 1. The lowest BCUT2D eigenvalue weighted by molar-refractivity contribution is -0.120. The van der Waals surface area contributed by atoms with E-state index in [1.54, 1.807) is 12.1 Å². The number of nitrogens with one attached hydrogen (secondary N) is 1. The van der Waals surface area contributed by atoms with Crippen molar-refractivity contribution < 1.29 is 18.3 Å². The van der Waals surface area contributed by atoms with Crippen LogP contribution >= 0.6 is 0 Å². The average molecular weight is 286 g/mol. The number of amides is 1. The molecule has 1 aromatic carbocycles. The van der Waals surface area contributed by atoms with Crippen molar-refractivity contribution in [3.63, 3.8) is 0 Å². The summed E-state index contributed by atoms with van der Waals surface area (Å²) < 4.78 is 28.9. The normalized spacial score (nSPS) is 12.6. The molecular weight excluding hydrogens is 266 g/mol. The van der Waals surface area contributed by atoms with Crippen molar-refractivity contribution >= 4 is 11.6 Å². The number of carbonyl (C=O) groups excluding carboxylic acids is 1. The van der Waals surface area contributed by atoms with Crippen LogP contribution in [-0.2, 0) is 4.79 Å². The molecule has 3 N–H and O–H groups in total. The maximum atomic E-state index is 12.3. The van der Waals surface area contributed by atoms with Gasteiger partial charge in [-0.15, -0.1) is 0 Å². The highest BCUT2D eigenvalue weighted by Gasteiger charge is 2.20. The number of hydrogen-bond acceptors (Lipinski definition) is 3. The van der Waals surface area contributed by atoms with Gasteiger partial charge in [-0.3, -0.25) is 4.79 Å². The molecule has 6 heteroatoms. The highest BCUT2D eigenvalue weighted by atomic mass is 19.3. The van der Waals surface area contributed by atoms with E-state index < -0.39 is 6.61 Å². The van der Waals surface area contributed by atoms with Crippen LogP contribution in [0.25, 0.3) is 0 Å². The molecule has 112 valence electrons. The lowest BCUT2D eigenvalue weighted by atomic mass is 9.96. The topological polar surface area (TPSA) is 64.4 Å². The molecule has 1 rings (SSSR count). The van der Waals surface area contributed by atoms with Gasteiger partial charge in [-0.25, -0.2) is 0 Å². The summed E-state index contributed by atoms with van der Waals surface area (Å²) in [5.41, 5.74) is 5.80. The molecule has 0 saturated carbocycles. The first-order valence-electron chi connectivity index (χ1n) is 6.48. The third-order valence-corrected chi connectivity index (χ3v) is 2.77. The molecular formula is C14H20F2N2O2. The first-order valence-corrected chi connectivity index (χ1v) is 6.48. The molecule has 1 unspecified atom stereocenters. The highest BCUT2D eigenvalue weighted by molar-refractivity contribution is 5.94. The van der Waals surface area contributed by atoms with Gasteiger partial charge in [0.15, 0.2) is 0 Å². The maximum absolute atomic E-state index is 12.3. The molecule has 1 aromatic rings. The second-order valence-electron chi connectivity index (χ2n) is 4.93. The van der Waals surface area contributed by atoms with E-state index in [9.17, 15) is 13.6 Å². The van der Waals surface area contributed by atoms with Crippen LogP contribution < -0.4 is 15.8 Å². The second-order valence-corrected chi connectivity index (χ2v) is 4.93. The van der Waals surface area contributed by atoms with Crippen molar-refractivity contribution in [1.29, 1.82) is 0 Å². The number of para-hydroxylation sites is 2. The molecule has 0 aliphatic rings. The number of alkyl halides is 2. The third-order valence-electron chi connectivity index (χ3n) is 2.77. The summed E-state index contributed by atoms with van der Waals surface area (Å²) in [6, 6.07) is 6.08. The molecule has 0 saturated heterocycles. The summed E-state index contributed by atoms with van der Waals surface area (Å²) in [5, 5.41) is 2.60. The lowest BCUT2D eigenvalue weighted by Crippen LogP contribution is -2.30. The van der Waals surface area contributed by atoms with Gasteiger partial charge >= 0.3 is 6.61 Å². The minimum atomic E-state index is -2.94. The fourth-order valence-corrected chi connectivity index (χ4v) is 1.88. The number of anilines is 1. The Hall–Kier alpha value is -1.69. The SMILES string of the molecule is CC(C)CC(CN)C(=O)Nc1ccccc1OC(F)F. The number of ether oxygens (including phenoxy) is 1. The van der Waals surface area contributed by atoms with E-state index in [4.69, 9.17) is 5.73 Å². The van der Waals surface area contributed by atoms with E-state index in [0.29, 0.717) is 12.3 Å². The van der Waals surface area contributed by atoms with Gasteiger partial charge in [-0.1, -0.05) is 26.0 Å². The molecule has 0 radical (unpaired) electrons. The molecule has 1 amide bonds. The van der Waals surface area contributed by atoms with Gasteiger partial charge in [0, 0.05) is 6.54 Å². The Labute approximate surface area is 117 Å². The largest absolute Gasteiger partial charge is 0.433 e. The number of nitrogens with two attached hydrogens (primary N) is 1. The minimum absolute atomic E-state index is 0.0591. The van der Waals surface area contributed by atoms with Crippen LogP contribution in [0, 0.1) is 11.8 Å². The summed E-state index contributed by atoms with van der Waals surface area (Å²) >= 11 is 0. The van der Waals surface area contributed by atoms with E-state index in [1.165, 1.54) is 12.1 Å². The van der Waals surface area contributed by atoms with E-state index in [2.05, 4.69) is 10.1 Å². The molecule has 0 heterocycles. The summed E-state index contributed by atoms with van der Waals surface area (Å²) in [6.45, 7) is 1.25. The molecule has 0 bridgehead atoms. The Morgan fingerprint density at radius 2 is 2.00 bits per heavy atom. The zero-order chi connectivity index (χ0) is 15.1. The predicted octanol–water partition coefficient (Wildman–Crippen LogP) is 2.85. The first kappa shape index (κ1) is 16.4. The van der Waals surface area contributed by atoms with Crippen LogP contribution in [0.4, 0.5) is 14.5 Å². The summed E-state index contributed by atoms with van der Waals surface area (Å²) in [6.07, 6.45) is 0.639. The van der Waals surface area contributed by atoms with E-state index in [1.807, 2.05) is 13.8 Å².